The third-order valence-electron chi connectivity index (χ3n) is 7.11. The van der Waals surface area contributed by atoms with Gasteiger partial charge in [0.25, 0.3) is 5.91 Å². The molecule has 1 aromatic carbocycles. The first-order valence-corrected chi connectivity index (χ1v) is 12.9. The van der Waals surface area contributed by atoms with Gasteiger partial charge >= 0.3 is 0 Å². The highest BCUT2D eigenvalue weighted by atomic mass is 19.1. The van der Waals surface area contributed by atoms with Crippen molar-refractivity contribution in [1.29, 1.82) is 0 Å². The molecule has 3 heterocycles. The zero-order valence-electron chi connectivity index (χ0n) is 21.6. The Morgan fingerprint density at radius 1 is 1.17 bits per heavy atom. The highest BCUT2D eigenvalue weighted by molar-refractivity contribution is 5.95. The second kappa shape index (κ2) is 11.7. The van der Waals surface area contributed by atoms with Crippen molar-refractivity contribution in [3.8, 4) is 0 Å². The minimum atomic E-state index is -0.365. The molecule has 2 fully saturated rings. The van der Waals surface area contributed by atoms with Gasteiger partial charge in [0.1, 0.15) is 11.4 Å². The van der Waals surface area contributed by atoms with Gasteiger partial charge < -0.3 is 19.4 Å². The van der Waals surface area contributed by atoms with E-state index in [1.807, 2.05) is 26.8 Å². The molecule has 0 bridgehead atoms. The first-order chi connectivity index (χ1) is 17.2. The summed E-state index contributed by atoms with van der Waals surface area (Å²) in [5, 5.41) is 3.10. The number of hydrogen-bond donors (Lipinski definition) is 1. The fraction of sp³-hybridized carbons (Fsp3) is 0.571. The van der Waals surface area contributed by atoms with Gasteiger partial charge in [-0.3, -0.25) is 14.5 Å². The van der Waals surface area contributed by atoms with Gasteiger partial charge in [-0.1, -0.05) is 12.1 Å². The number of amides is 1. The molecule has 1 amide bonds. The normalized spacial score (nSPS) is 20.3. The summed E-state index contributed by atoms with van der Waals surface area (Å²) < 4.78 is 27.3. The Morgan fingerprint density at radius 3 is 2.67 bits per heavy atom. The zero-order chi connectivity index (χ0) is 25.7. The number of aryl methyl sites for hydroxylation is 1. The topological polar surface area (TPSA) is 72.8 Å². The van der Waals surface area contributed by atoms with Gasteiger partial charge in [-0.2, -0.15) is 0 Å². The van der Waals surface area contributed by atoms with Crippen molar-refractivity contribution in [3.05, 3.63) is 68.9 Å². The molecule has 0 radical (unpaired) electrons. The molecule has 2 aromatic rings. The lowest BCUT2D eigenvalue weighted by molar-refractivity contribution is -0.0615. The van der Waals surface area contributed by atoms with Crippen molar-refractivity contribution in [2.45, 2.75) is 64.6 Å². The Morgan fingerprint density at radius 2 is 1.94 bits per heavy atom. The van der Waals surface area contributed by atoms with E-state index in [-0.39, 0.29) is 34.4 Å². The van der Waals surface area contributed by atoms with Gasteiger partial charge in [-0.15, -0.1) is 0 Å². The minimum absolute atomic E-state index is 0.0706. The van der Waals surface area contributed by atoms with Crippen LogP contribution in [0.4, 0.5) is 4.39 Å². The number of carbonyl (C=O) groups is 1. The highest BCUT2D eigenvalue weighted by Crippen LogP contribution is 2.24. The summed E-state index contributed by atoms with van der Waals surface area (Å²) in [5.41, 5.74) is 1.69. The number of carbonyl (C=O) groups excluding carboxylic acids is 1. The largest absolute Gasteiger partial charge is 0.379 e. The molecule has 0 saturated carbocycles. The van der Waals surface area contributed by atoms with Crippen molar-refractivity contribution in [3.63, 3.8) is 0 Å². The first kappa shape index (κ1) is 26.5. The SMILES string of the molecule is Cc1cc(=O)c(C(=O)NC2CCOC(C)(C)C2)c(Cc2cccc(F)c2)n1CCCN1CCOCC1. The van der Waals surface area contributed by atoms with Gasteiger partial charge in [0, 0.05) is 62.7 Å². The van der Waals surface area contributed by atoms with Crippen LogP contribution in [0.15, 0.2) is 35.1 Å². The second-order valence-electron chi connectivity index (χ2n) is 10.5. The quantitative estimate of drug-likeness (QED) is 0.604. The lowest BCUT2D eigenvalue weighted by atomic mass is 9.93. The maximum absolute atomic E-state index is 14.0. The lowest BCUT2D eigenvalue weighted by Crippen LogP contribution is -2.47. The number of rotatable bonds is 8. The number of nitrogens with zero attached hydrogens (tertiary/aromatic N) is 2. The molecule has 36 heavy (non-hydrogen) atoms. The fourth-order valence-corrected chi connectivity index (χ4v) is 5.30. The number of ether oxygens (including phenoxy) is 2. The van der Waals surface area contributed by atoms with Crippen LogP contribution in [0.1, 0.15) is 60.4 Å². The van der Waals surface area contributed by atoms with Gasteiger partial charge in [0.15, 0.2) is 5.43 Å². The van der Waals surface area contributed by atoms with Crippen LogP contribution in [0.25, 0.3) is 0 Å². The molecule has 1 unspecified atom stereocenters. The van der Waals surface area contributed by atoms with Crippen molar-refractivity contribution >= 4 is 5.91 Å². The minimum Gasteiger partial charge on any atom is -0.379 e. The molecule has 0 aliphatic carbocycles. The van der Waals surface area contributed by atoms with E-state index in [1.165, 1.54) is 12.1 Å². The smallest absolute Gasteiger partial charge is 0.257 e. The number of pyridine rings is 1. The predicted octanol–water partition coefficient (Wildman–Crippen LogP) is 3.30. The zero-order valence-corrected chi connectivity index (χ0v) is 21.6. The van der Waals surface area contributed by atoms with E-state index in [0.717, 1.165) is 50.5 Å². The maximum atomic E-state index is 14.0. The van der Waals surface area contributed by atoms with E-state index in [2.05, 4.69) is 14.8 Å². The molecule has 1 N–H and O–H groups in total. The molecule has 196 valence electrons. The fourth-order valence-electron chi connectivity index (χ4n) is 5.30. The number of halogens is 1. The van der Waals surface area contributed by atoms with E-state index in [4.69, 9.17) is 9.47 Å². The molecule has 7 nitrogen and oxygen atoms in total. The van der Waals surface area contributed by atoms with Crippen molar-refractivity contribution in [2.24, 2.45) is 0 Å². The third-order valence-corrected chi connectivity index (χ3v) is 7.11. The van der Waals surface area contributed by atoms with Crippen LogP contribution in [0.3, 0.4) is 0 Å². The van der Waals surface area contributed by atoms with Crippen LogP contribution in [-0.4, -0.2) is 66.5 Å². The average Bonchev–Trinajstić information content (AvgIpc) is 2.81. The van der Waals surface area contributed by atoms with E-state index in [9.17, 15) is 14.0 Å². The monoisotopic (exact) mass is 499 g/mol. The summed E-state index contributed by atoms with van der Waals surface area (Å²) in [4.78, 5) is 29.1. The Balaban J connectivity index is 1.63. The average molecular weight is 500 g/mol. The summed E-state index contributed by atoms with van der Waals surface area (Å²) in [6, 6.07) is 7.83. The third kappa shape index (κ3) is 6.81. The van der Waals surface area contributed by atoms with Gasteiger partial charge in [-0.05, 0) is 57.7 Å². The molecule has 2 saturated heterocycles. The molecule has 1 atom stereocenters. The predicted molar refractivity (Wildman–Crippen MR) is 137 cm³/mol. The Labute approximate surface area is 212 Å². The lowest BCUT2D eigenvalue weighted by Gasteiger charge is -2.36. The molecular weight excluding hydrogens is 461 g/mol. The van der Waals surface area contributed by atoms with E-state index >= 15 is 0 Å². The molecule has 2 aliphatic rings. The highest BCUT2D eigenvalue weighted by Gasteiger charge is 2.31. The summed E-state index contributed by atoms with van der Waals surface area (Å²) >= 11 is 0. The summed E-state index contributed by atoms with van der Waals surface area (Å²) in [5.74, 6) is -0.701. The van der Waals surface area contributed by atoms with Crippen LogP contribution >= 0.6 is 0 Å². The maximum Gasteiger partial charge on any atom is 0.257 e. The number of hydrogen-bond acceptors (Lipinski definition) is 5. The van der Waals surface area contributed by atoms with Crippen LogP contribution in [0.2, 0.25) is 0 Å². The standard InChI is InChI=1S/C28H38FN3O4/c1-20-16-25(33)26(27(34)30-23-8-13-36-28(2,3)19-23)24(18-21-6-4-7-22(29)17-21)32(20)10-5-9-31-11-14-35-15-12-31/h4,6-7,16-17,23H,5,8-15,18-19H2,1-3H3,(H,30,34). The number of aromatic nitrogens is 1. The molecule has 2 aliphatic heterocycles. The van der Waals surface area contributed by atoms with Gasteiger partial charge in [0.05, 0.1) is 18.8 Å². The van der Waals surface area contributed by atoms with Crippen molar-refractivity contribution in [2.75, 3.05) is 39.5 Å². The molecule has 8 heteroatoms. The molecular formula is C28H38FN3O4. The van der Waals surface area contributed by atoms with Gasteiger partial charge in [0.2, 0.25) is 0 Å². The number of benzene rings is 1. The number of morpholine rings is 1. The van der Waals surface area contributed by atoms with Crippen molar-refractivity contribution in [1.82, 2.24) is 14.8 Å². The first-order valence-electron chi connectivity index (χ1n) is 12.9. The molecule has 4 rings (SSSR count). The van der Waals surface area contributed by atoms with Crippen LogP contribution in [0.5, 0.6) is 0 Å². The Bertz CT molecular complexity index is 1120. The summed E-state index contributed by atoms with van der Waals surface area (Å²) in [6.07, 6.45) is 2.55. The van der Waals surface area contributed by atoms with E-state index in [0.29, 0.717) is 38.1 Å². The van der Waals surface area contributed by atoms with Gasteiger partial charge in [-0.25, -0.2) is 4.39 Å². The number of nitrogens with one attached hydrogen (secondary N) is 1. The summed E-state index contributed by atoms with van der Waals surface area (Å²) in [6.45, 7) is 11.4. The van der Waals surface area contributed by atoms with Crippen molar-refractivity contribution < 1.29 is 18.7 Å². The Kier molecular flexibility index (Phi) is 8.59. The van der Waals surface area contributed by atoms with Crippen LogP contribution in [-0.2, 0) is 22.4 Å². The second-order valence-corrected chi connectivity index (χ2v) is 10.5. The molecule has 0 spiro atoms. The van der Waals surface area contributed by atoms with E-state index in [1.54, 1.807) is 12.1 Å². The Hall–Kier alpha value is -2.55. The van der Waals surface area contributed by atoms with E-state index < -0.39 is 0 Å². The van der Waals surface area contributed by atoms with Crippen LogP contribution in [0, 0.1) is 12.7 Å². The molecule has 1 aromatic heterocycles. The summed E-state index contributed by atoms with van der Waals surface area (Å²) in [7, 11) is 0. The van der Waals surface area contributed by atoms with Crippen LogP contribution < -0.4 is 10.7 Å².